The molecule has 2 heterocycles. The molecule has 0 saturated heterocycles. The van der Waals surface area contributed by atoms with Gasteiger partial charge in [-0.25, -0.2) is 26.5 Å². The normalized spacial score (nSPS) is 12.2. The maximum Gasteiger partial charge on any atom is 0.245 e. The molecule has 162 valence electrons. The highest BCUT2D eigenvalue weighted by molar-refractivity contribution is 8.09. The molecule has 0 aliphatic rings. The van der Waals surface area contributed by atoms with Crippen molar-refractivity contribution in [2.45, 2.75) is 19.4 Å². The first-order valence-corrected chi connectivity index (χ1v) is 12.7. The molecule has 11 nitrogen and oxygen atoms in total. The average molecular weight is 455 g/mol. The zero-order chi connectivity index (χ0) is 21.9. The second kappa shape index (κ2) is 8.53. The van der Waals surface area contributed by atoms with E-state index in [4.69, 9.17) is 5.11 Å². The van der Waals surface area contributed by atoms with Crippen LogP contribution in [0.4, 0.5) is 17.3 Å². The molecule has 0 amide bonds. The van der Waals surface area contributed by atoms with Gasteiger partial charge in [0.15, 0.2) is 5.65 Å². The van der Waals surface area contributed by atoms with Crippen molar-refractivity contribution in [2.75, 3.05) is 28.1 Å². The summed E-state index contributed by atoms with van der Waals surface area (Å²) in [4.78, 5) is 8.69. The molecule has 0 saturated carbocycles. The van der Waals surface area contributed by atoms with Gasteiger partial charge in [0.1, 0.15) is 0 Å². The number of benzene rings is 1. The van der Waals surface area contributed by atoms with E-state index in [9.17, 15) is 16.8 Å². The van der Waals surface area contributed by atoms with Crippen LogP contribution in [-0.4, -0.2) is 60.8 Å². The SMILES string of the molecule is CS(=O)(=O)N(c1ccc(Nc2ncc3cnn(CCCCO)c3n2)cc1)S(C)(=O)=O. The molecule has 0 aliphatic carbocycles. The molecule has 0 atom stereocenters. The number of nitrogens with one attached hydrogen (secondary N) is 1. The Balaban J connectivity index is 1.83. The number of sulfonamides is 2. The van der Waals surface area contributed by atoms with Crippen LogP contribution in [0.2, 0.25) is 0 Å². The van der Waals surface area contributed by atoms with Gasteiger partial charge in [-0.2, -0.15) is 13.8 Å². The molecule has 0 aliphatic heterocycles. The number of fused-ring (bicyclic) bond motifs is 1. The van der Waals surface area contributed by atoms with Crippen molar-refractivity contribution < 1.29 is 21.9 Å². The van der Waals surface area contributed by atoms with Crippen molar-refractivity contribution in [3.05, 3.63) is 36.7 Å². The lowest BCUT2D eigenvalue weighted by molar-refractivity contribution is 0.280. The predicted octanol–water partition coefficient (Wildman–Crippen LogP) is 1.07. The van der Waals surface area contributed by atoms with Gasteiger partial charge in [0.05, 0.1) is 29.8 Å². The minimum atomic E-state index is -4.00. The van der Waals surface area contributed by atoms with Gasteiger partial charge in [-0.3, -0.25) is 0 Å². The number of rotatable bonds is 9. The summed E-state index contributed by atoms with van der Waals surface area (Å²) in [6.45, 7) is 0.731. The molecule has 0 radical (unpaired) electrons. The van der Waals surface area contributed by atoms with E-state index in [2.05, 4.69) is 20.4 Å². The standard InChI is InChI=1S/C17H22N6O5S2/c1-29(25,26)23(30(2,27)28)15-7-5-14(6-8-15)20-17-18-11-13-12-19-22(16(13)21-17)9-3-4-10-24/h5-8,11-12,24H,3-4,9-10H2,1-2H3,(H,18,20,21). The Morgan fingerprint density at radius 3 is 2.30 bits per heavy atom. The summed E-state index contributed by atoms with van der Waals surface area (Å²) >= 11 is 0. The van der Waals surface area contributed by atoms with Gasteiger partial charge in [0.25, 0.3) is 0 Å². The Morgan fingerprint density at radius 1 is 1.03 bits per heavy atom. The van der Waals surface area contributed by atoms with Gasteiger partial charge in [0.2, 0.25) is 26.0 Å². The first-order valence-electron chi connectivity index (χ1n) is 8.96. The highest BCUT2D eigenvalue weighted by atomic mass is 32.3. The van der Waals surface area contributed by atoms with E-state index in [0.717, 1.165) is 24.3 Å². The molecular weight excluding hydrogens is 432 g/mol. The number of hydrogen-bond acceptors (Lipinski definition) is 9. The molecule has 0 bridgehead atoms. The summed E-state index contributed by atoms with van der Waals surface area (Å²) in [7, 11) is -8.01. The van der Waals surface area contributed by atoms with E-state index in [1.165, 1.54) is 24.3 Å². The summed E-state index contributed by atoms with van der Waals surface area (Å²) in [5.74, 6) is 0.308. The average Bonchev–Trinajstić information content (AvgIpc) is 3.04. The Hall–Kier alpha value is -2.77. The van der Waals surface area contributed by atoms with Crippen molar-refractivity contribution in [2.24, 2.45) is 0 Å². The second-order valence-corrected chi connectivity index (χ2v) is 10.6. The van der Waals surface area contributed by atoms with Crippen molar-refractivity contribution >= 4 is 48.4 Å². The van der Waals surface area contributed by atoms with Crippen LogP contribution < -0.4 is 9.03 Å². The summed E-state index contributed by atoms with van der Waals surface area (Å²) in [5, 5.41) is 17.0. The zero-order valence-electron chi connectivity index (χ0n) is 16.4. The number of unbranched alkanes of at least 4 members (excludes halogenated alkanes) is 1. The topological polar surface area (TPSA) is 147 Å². The largest absolute Gasteiger partial charge is 0.396 e. The molecule has 0 unspecified atom stereocenters. The summed E-state index contributed by atoms with van der Waals surface area (Å²) < 4.78 is 49.6. The molecule has 1 aromatic carbocycles. The minimum Gasteiger partial charge on any atom is -0.396 e. The smallest absolute Gasteiger partial charge is 0.245 e. The first-order chi connectivity index (χ1) is 14.1. The Labute approximate surface area is 174 Å². The molecule has 0 fully saturated rings. The predicted molar refractivity (Wildman–Crippen MR) is 114 cm³/mol. The quantitative estimate of drug-likeness (QED) is 0.453. The third-order valence-corrected chi connectivity index (χ3v) is 7.34. The van der Waals surface area contributed by atoms with Crippen LogP contribution in [0.1, 0.15) is 12.8 Å². The fraction of sp³-hybridized carbons (Fsp3) is 0.353. The van der Waals surface area contributed by atoms with E-state index >= 15 is 0 Å². The molecule has 2 N–H and O–H groups in total. The Morgan fingerprint density at radius 2 is 1.70 bits per heavy atom. The van der Waals surface area contributed by atoms with Gasteiger partial charge in [-0.1, -0.05) is 0 Å². The van der Waals surface area contributed by atoms with Crippen molar-refractivity contribution in [3.8, 4) is 0 Å². The van der Waals surface area contributed by atoms with Crippen molar-refractivity contribution in [1.29, 1.82) is 0 Å². The van der Waals surface area contributed by atoms with Crippen LogP contribution in [0.3, 0.4) is 0 Å². The number of aliphatic hydroxyl groups excluding tert-OH is 1. The van der Waals surface area contributed by atoms with E-state index in [1.807, 2.05) is 0 Å². The lowest BCUT2D eigenvalue weighted by atomic mass is 10.3. The zero-order valence-corrected chi connectivity index (χ0v) is 18.1. The van der Waals surface area contributed by atoms with E-state index in [-0.39, 0.29) is 12.3 Å². The van der Waals surface area contributed by atoms with Gasteiger partial charge in [-0.15, -0.1) is 0 Å². The van der Waals surface area contributed by atoms with Crippen molar-refractivity contribution in [3.63, 3.8) is 0 Å². The maximum atomic E-state index is 11.9. The van der Waals surface area contributed by atoms with Crippen LogP contribution in [0.25, 0.3) is 11.0 Å². The third-order valence-electron chi connectivity index (χ3n) is 4.09. The molecule has 30 heavy (non-hydrogen) atoms. The summed E-state index contributed by atoms with van der Waals surface area (Å²) in [6, 6.07) is 5.82. The van der Waals surface area contributed by atoms with Crippen LogP contribution in [0.5, 0.6) is 0 Å². The molecule has 3 rings (SSSR count). The van der Waals surface area contributed by atoms with Gasteiger partial charge in [0, 0.05) is 25.0 Å². The number of aliphatic hydroxyl groups is 1. The molecular formula is C17H22N6O5S2. The second-order valence-electron chi connectivity index (χ2n) is 6.67. The van der Waals surface area contributed by atoms with Crippen LogP contribution >= 0.6 is 0 Å². The Bertz CT molecular complexity index is 1210. The first kappa shape index (κ1) is 21.9. The molecule has 3 aromatic rings. The molecule has 0 spiro atoms. The lowest BCUT2D eigenvalue weighted by Gasteiger charge is -2.19. The van der Waals surface area contributed by atoms with Gasteiger partial charge < -0.3 is 10.4 Å². The van der Waals surface area contributed by atoms with E-state index < -0.39 is 20.0 Å². The summed E-state index contributed by atoms with van der Waals surface area (Å²) in [6.07, 6.45) is 6.38. The van der Waals surface area contributed by atoms with Gasteiger partial charge in [-0.05, 0) is 37.1 Å². The van der Waals surface area contributed by atoms with Crippen molar-refractivity contribution in [1.82, 2.24) is 19.7 Å². The van der Waals surface area contributed by atoms with E-state index in [1.54, 1.807) is 17.1 Å². The number of anilines is 3. The monoisotopic (exact) mass is 454 g/mol. The maximum absolute atomic E-state index is 11.9. The molecule has 2 aromatic heterocycles. The third kappa shape index (κ3) is 5.04. The molecule has 13 heteroatoms. The fourth-order valence-corrected chi connectivity index (χ4v) is 5.87. The Kier molecular flexibility index (Phi) is 6.24. The fourth-order valence-electron chi connectivity index (χ4n) is 2.89. The van der Waals surface area contributed by atoms with Crippen LogP contribution in [-0.2, 0) is 26.6 Å². The lowest BCUT2D eigenvalue weighted by Crippen LogP contribution is -2.35. The number of aryl methyl sites for hydroxylation is 1. The number of nitrogens with zero attached hydrogens (tertiary/aromatic N) is 5. The van der Waals surface area contributed by atoms with Crippen LogP contribution in [0, 0.1) is 0 Å². The highest BCUT2D eigenvalue weighted by Gasteiger charge is 2.27. The van der Waals surface area contributed by atoms with E-state index in [0.29, 0.717) is 34.0 Å². The number of hydrogen-bond donors (Lipinski definition) is 2. The highest BCUT2D eigenvalue weighted by Crippen LogP contribution is 2.24. The van der Waals surface area contributed by atoms with Crippen LogP contribution in [0.15, 0.2) is 36.7 Å². The summed E-state index contributed by atoms with van der Waals surface area (Å²) in [5.41, 5.74) is 1.19. The van der Waals surface area contributed by atoms with Gasteiger partial charge >= 0.3 is 0 Å². The minimum absolute atomic E-state index is 0.00359. The number of aromatic nitrogens is 4.